The number of anilines is 1. The van der Waals surface area contributed by atoms with E-state index < -0.39 is 11.6 Å². The Morgan fingerprint density at radius 2 is 2.27 bits per heavy atom. The van der Waals surface area contributed by atoms with Crippen LogP contribution in [-0.4, -0.2) is 17.6 Å². The first-order valence-electron chi connectivity index (χ1n) is 4.90. The highest BCUT2D eigenvalue weighted by atomic mass is 19.1. The number of hydrogen-bond acceptors (Lipinski definition) is 3. The molecule has 0 aliphatic carbocycles. The second-order valence-corrected chi connectivity index (χ2v) is 3.53. The van der Waals surface area contributed by atoms with Gasteiger partial charge in [0.15, 0.2) is 11.6 Å². The van der Waals surface area contributed by atoms with E-state index in [0.29, 0.717) is 6.54 Å². The maximum absolute atomic E-state index is 13.0. The van der Waals surface area contributed by atoms with Crippen molar-refractivity contribution in [3.8, 4) is 0 Å². The van der Waals surface area contributed by atoms with Crippen LogP contribution in [0.1, 0.15) is 19.8 Å². The predicted octanol–water partition coefficient (Wildman–Crippen LogP) is 1.90. The Balaban J connectivity index is 2.37. The molecule has 5 heteroatoms. The Hall–Kier alpha value is -1.23. The summed E-state index contributed by atoms with van der Waals surface area (Å²) in [6.45, 7) is 2.49. The fraction of sp³-hybridized carbons (Fsp3) is 0.500. The molecule has 0 radical (unpaired) electrons. The average Bonchev–Trinajstić information content (AvgIpc) is 2.14. The Morgan fingerprint density at radius 1 is 1.53 bits per heavy atom. The van der Waals surface area contributed by atoms with Crippen molar-refractivity contribution in [2.75, 3.05) is 11.9 Å². The summed E-state index contributed by atoms with van der Waals surface area (Å²) in [6.07, 6.45) is 2.67. The Labute approximate surface area is 87.7 Å². The van der Waals surface area contributed by atoms with Gasteiger partial charge in [-0.15, -0.1) is 0 Å². The number of nitrogens with two attached hydrogens (primary N) is 1. The molecule has 84 valence electrons. The molecule has 0 bridgehead atoms. The quantitative estimate of drug-likeness (QED) is 0.737. The van der Waals surface area contributed by atoms with Gasteiger partial charge in [-0.25, -0.2) is 13.8 Å². The van der Waals surface area contributed by atoms with E-state index in [4.69, 9.17) is 5.73 Å². The van der Waals surface area contributed by atoms with E-state index in [1.807, 2.05) is 6.92 Å². The van der Waals surface area contributed by atoms with Crippen LogP contribution in [0.15, 0.2) is 12.3 Å². The molecule has 1 heterocycles. The topological polar surface area (TPSA) is 50.9 Å². The number of hydrogen-bond donors (Lipinski definition) is 2. The summed E-state index contributed by atoms with van der Waals surface area (Å²) in [6, 6.07) is 0.943. The largest absolute Gasteiger partial charge is 0.368 e. The lowest BCUT2D eigenvalue weighted by Crippen LogP contribution is -2.16. The van der Waals surface area contributed by atoms with E-state index in [2.05, 4.69) is 10.3 Å². The third-order valence-corrected chi connectivity index (χ3v) is 1.94. The van der Waals surface area contributed by atoms with Gasteiger partial charge in [-0.3, -0.25) is 0 Å². The maximum Gasteiger partial charge on any atom is 0.168 e. The molecule has 0 spiro atoms. The van der Waals surface area contributed by atoms with Crippen molar-refractivity contribution in [3.05, 3.63) is 23.9 Å². The van der Waals surface area contributed by atoms with Gasteiger partial charge in [0.1, 0.15) is 5.82 Å². The molecule has 1 aromatic heterocycles. The minimum atomic E-state index is -0.673. The zero-order valence-corrected chi connectivity index (χ0v) is 8.63. The van der Waals surface area contributed by atoms with Crippen LogP contribution in [0.2, 0.25) is 0 Å². The number of halogens is 2. The summed E-state index contributed by atoms with van der Waals surface area (Å²) < 4.78 is 25.5. The summed E-state index contributed by atoms with van der Waals surface area (Å²) in [5, 5.41) is 2.79. The van der Waals surface area contributed by atoms with Gasteiger partial charge >= 0.3 is 0 Å². The molecule has 3 N–H and O–H groups in total. The van der Waals surface area contributed by atoms with Crippen LogP contribution in [0.25, 0.3) is 0 Å². The van der Waals surface area contributed by atoms with Gasteiger partial charge < -0.3 is 11.1 Å². The molecule has 0 aliphatic rings. The molecule has 0 saturated carbocycles. The molecule has 0 aromatic carbocycles. The SMILES string of the molecule is CC(N)CCCNc1ncc(F)cc1F. The lowest BCUT2D eigenvalue weighted by Gasteiger charge is -2.07. The predicted molar refractivity (Wildman–Crippen MR) is 55.5 cm³/mol. The molecule has 0 amide bonds. The lowest BCUT2D eigenvalue weighted by molar-refractivity contribution is 0.574. The monoisotopic (exact) mass is 215 g/mol. The van der Waals surface area contributed by atoms with E-state index in [9.17, 15) is 8.78 Å². The van der Waals surface area contributed by atoms with Crippen LogP contribution in [0, 0.1) is 11.6 Å². The van der Waals surface area contributed by atoms with Gasteiger partial charge in [-0.2, -0.15) is 0 Å². The second-order valence-electron chi connectivity index (χ2n) is 3.53. The van der Waals surface area contributed by atoms with Crippen molar-refractivity contribution >= 4 is 5.82 Å². The smallest absolute Gasteiger partial charge is 0.168 e. The number of aromatic nitrogens is 1. The van der Waals surface area contributed by atoms with E-state index >= 15 is 0 Å². The molecule has 3 nitrogen and oxygen atoms in total. The van der Waals surface area contributed by atoms with Crippen molar-refractivity contribution < 1.29 is 8.78 Å². The fourth-order valence-electron chi connectivity index (χ4n) is 1.18. The minimum absolute atomic E-state index is 0.0843. The lowest BCUT2D eigenvalue weighted by atomic mass is 10.2. The van der Waals surface area contributed by atoms with E-state index in [-0.39, 0.29) is 11.9 Å². The summed E-state index contributed by atoms with van der Waals surface area (Å²) >= 11 is 0. The standard InChI is InChI=1S/C10H15F2N3/c1-7(13)3-2-4-14-10-9(12)5-8(11)6-15-10/h5-7H,2-4,13H2,1H3,(H,14,15). The molecule has 1 aromatic rings. The van der Waals surface area contributed by atoms with Crippen LogP contribution in [0.4, 0.5) is 14.6 Å². The molecule has 1 rings (SSSR count). The Kier molecular flexibility index (Phi) is 4.42. The average molecular weight is 215 g/mol. The minimum Gasteiger partial charge on any atom is -0.368 e. The van der Waals surface area contributed by atoms with E-state index in [1.54, 1.807) is 0 Å². The normalized spacial score (nSPS) is 12.5. The zero-order valence-electron chi connectivity index (χ0n) is 8.63. The maximum atomic E-state index is 13.0. The van der Waals surface area contributed by atoms with Crippen LogP contribution in [-0.2, 0) is 0 Å². The Bertz CT molecular complexity index is 316. The first-order chi connectivity index (χ1) is 7.09. The van der Waals surface area contributed by atoms with Crippen molar-refractivity contribution in [1.29, 1.82) is 0 Å². The van der Waals surface area contributed by atoms with Crippen LogP contribution in [0.5, 0.6) is 0 Å². The first-order valence-corrected chi connectivity index (χ1v) is 4.90. The van der Waals surface area contributed by atoms with Gasteiger partial charge in [-0.05, 0) is 19.8 Å². The highest BCUT2D eigenvalue weighted by molar-refractivity contribution is 5.35. The van der Waals surface area contributed by atoms with Crippen LogP contribution >= 0.6 is 0 Å². The van der Waals surface area contributed by atoms with Crippen LogP contribution < -0.4 is 11.1 Å². The molecule has 1 unspecified atom stereocenters. The highest BCUT2D eigenvalue weighted by Crippen LogP contribution is 2.11. The Morgan fingerprint density at radius 3 is 2.87 bits per heavy atom. The van der Waals surface area contributed by atoms with E-state index in [1.165, 1.54) is 0 Å². The molecule has 15 heavy (non-hydrogen) atoms. The van der Waals surface area contributed by atoms with E-state index in [0.717, 1.165) is 25.1 Å². The molecule has 0 saturated heterocycles. The highest BCUT2D eigenvalue weighted by Gasteiger charge is 2.04. The molecule has 0 fully saturated rings. The summed E-state index contributed by atoms with van der Waals surface area (Å²) in [4.78, 5) is 3.60. The van der Waals surface area contributed by atoms with Gasteiger partial charge in [-0.1, -0.05) is 0 Å². The number of nitrogens with one attached hydrogen (secondary N) is 1. The van der Waals surface area contributed by atoms with Crippen LogP contribution in [0.3, 0.4) is 0 Å². The number of pyridine rings is 1. The number of nitrogens with zero attached hydrogens (tertiary/aromatic N) is 1. The van der Waals surface area contributed by atoms with Gasteiger partial charge in [0.25, 0.3) is 0 Å². The molecular weight excluding hydrogens is 200 g/mol. The summed E-state index contributed by atoms with van der Waals surface area (Å²) in [5.41, 5.74) is 5.55. The third-order valence-electron chi connectivity index (χ3n) is 1.94. The van der Waals surface area contributed by atoms with Gasteiger partial charge in [0.05, 0.1) is 6.20 Å². The molecule has 1 atom stereocenters. The first kappa shape index (κ1) is 11.8. The van der Waals surface area contributed by atoms with Gasteiger partial charge in [0, 0.05) is 18.7 Å². The summed E-state index contributed by atoms with van der Waals surface area (Å²) in [5.74, 6) is -1.26. The number of rotatable bonds is 5. The van der Waals surface area contributed by atoms with Crippen molar-refractivity contribution in [2.45, 2.75) is 25.8 Å². The zero-order chi connectivity index (χ0) is 11.3. The summed E-state index contributed by atoms with van der Waals surface area (Å²) in [7, 11) is 0. The molecule has 0 aliphatic heterocycles. The fourth-order valence-corrected chi connectivity index (χ4v) is 1.18. The molecular formula is C10H15F2N3. The van der Waals surface area contributed by atoms with Crippen molar-refractivity contribution in [2.24, 2.45) is 5.73 Å². The second kappa shape index (κ2) is 5.60. The third kappa shape index (κ3) is 4.20. The van der Waals surface area contributed by atoms with Crippen molar-refractivity contribution in [1.82, 2.24) is 4.98 Å². The van der Waals surface area contributed by atoms with Crippen molar-refractivity contribution in [3.63, 3.8) is 0 Å². The van der Waals surface area contributed by atoms with Gasteiger partial charge in [0.2, 0.25) is 0 Å².